The van der Waals surface area contributed by atoms with E-state index in [1.165, 1.54) is 0 Å². The van der Waals surface area contributed by atoms with E-state index < -0.39 is 0 Å². The molecule has 3 rings (SSSR count). The monoisotopic (exact) mass is 303 g/mol. The quantitative estimate of drug-likeness (QED) is 0.758. The van der Waals surface area contributed by atoms with Crippen molar-refractivity contribution in [3.8, 4) is 11.5 Å². The van der Waals surface area contributed by atoms with Crippen LogP contribution < -0.4 is 10.1 Å². The Balaban J connectivity index is 1.56. The number of carbonyl (C=O) groups excluding carboxylic acids is 1. The Hall–Kier alpha value is -3.07. The summed E-state index contributed by atoms with van der Waals surface area (Å²) in [5, 5.41) is 2.90. The third-order valence-electron chi connectivity index (χ3n) is 3.39. The number of benzene rings is 3. The van der Waals surface area contributed by atoms with Crippen molar-refractivity contribution >= 4 is 5.91 Å². The highest BCUT2D eigenvalue weighted by molar-refractivity contribution is 5.94. The van der Waals surface area contributed by atoms with E-state index >= 15 is 0 Å². The molecule has 0 spiro atoms. The second-order valence-electron chi connectivity index (χ2n) is 5.11. The zero-order valence-electron chi connectivity index (χ0n) is 12.6. The van der Waals surface area contributed by atoms with Crippen molar-refractivity contribution in [2.24, 2.45) is 0 Å². The van der Waals surface area contributed by atoms with Gasteiger partial charge in [-0.05, 0) is 42.0 Å². The normalized spacial score (nSPS) is 10.1. The lowest BCUT2D eigenvalue weighted by Crippen LogP contribution is -2.22. The summed E-state index contributed by atoms with van der Waals surface area (Å²) < 4.78 is 5.74. The van der Waals surface area contributed by atoms with Gasteiger partial charge in [0.25, 0.3) is 5.91 Å². The molecule has 3 aromatic rings. The maximum Gasteiger partial charge on any atom is 0.251 e. The first kappa shape index (κ1) is 14.9. The number of nitrogens with one attached hydrogen (secondary N) is 1. The fraction of sp³-hybridized carbons (Fsp3) is 0.0500. The van der Waals surface area contributed by atoms with E-state index in [4.69, 9.17) is 4.74 Å². The summed E-state index contributed by atoms with van der Waals surface area (Å²) in [6.07, 6.45) is 0. The summed E-state index contributed by atoms with van der Waals surface area (Å²) in [4.78, 5) is 12.0. The van der Waals surface area contributed by atoms with Gasteiger partial charge in [0.15, 0.2) is 0 Å². The Labute approximate surface area is 135 Å². The summed E-state index contributed by atoms with van der Waals surface area (Å²) in [5.74, 6) is 1.50. The number of hydrogen-bond acceptors (Lipinski definition) is 2. The van der Waals surface area contributed by atoms with Crippen LogP contribution in [0, 0.1) is 0 Å². The SMILES string of the molecule is O=C(NCc1ccc(Oc2ccccc2)cc1)c1ccccc1. The van der Waals surface area contributed by atoms with E-state index in [0.29, 0.717) is 12.1 Å². The van der Waals surface area contributed by atoms with Gasteiger partial charge in [-0.1, -0.05) is 48.5 Å². The second-order valence-corrected chi connectivity index (χ2v) is 5.11. The molecule has 0 fully saturated rings. The standard InChI is InChI=1S/C20H17NO2/c22-20(17-7-3-1-4-8-17)21-15-16-11-13-19(14-12-16)23-18-9-5-2-6-10-18/h1-14H,15H2,(H,21,22). The molecule has 3 aromatic carbocycles. The van der Waals surface area contributed by atoms with Crippen molar-refractivity contribution in [3.05, 3.63) is 96.1 Å². The maximum absolute atomic E-state index is 12.0. The van der Waals surface area contributed by atoms with Gasteiger partial charge in [0.05, 0.1) is 0 Å². The predicted molar refractivity (Wildman–Crippen MR) is 90.6 cm³/mol. The first-order valence-corrected chi connectivity index (χ1v) is 7.46. The maximum atomic E-state index is 12.0. The van der Waals surface area contributed by atoms with Crippen LogP contribution in [0.3, 0.4) is 0 Å². The zero-order chi connectivity index (χ0) is 15.9. The fourth-order valence-corrected chi connectivity index (χ4v) is 2.17. The van der Waals surface area contributed by atoms with Gasteiger partial charge in [0.1, 0.15) is 11.5 Å². The predicted octanol–water partition coefficient (Wildman–Crippen LogP) is 4.41. The summed E-state index contributed by atoms with van der Waals surface area (Å²) in [6, 6.07) is 26.5. The van der Waals surface area contributed by atoms with Crippen LogP contribution in [0.15, 0.2) is 84.9 Å². The smallest absolute Gasteiger partial charge is 0.251 e. The Morgan fingerprint density at radius 3 is 1.96 bits per heavy atom. The molecular weight excluding hydrogens is 286 g/mol. The van der Waals surface area contributed by atoms with Gasteiger partial charge >= 0.3 is 0 Å². The molecule has 1 amide bonds. The van der Waals surface area contributed by atoms with Crippen molar-refractivity contribution in [1.82, 2.24) is 5.32 Å². The number of ether oxygens (including phenoxy) is 1. The lowest BCUT2D eigenvalue weighted by Gasteiger charge is -2.08. The molecular formula is C20H17NO2. The number of carbonyl (C=O) groups is 1. The molecule has 3 nitrogen and oxygen atoms in total. The number of para-hydroxylation sites is 1. The van der Waals surface area contributed by atoms with Crippen molar-refractivity contribution < 1.29 is 9.53 Å². The molecule has 0 aliphatic heterocycles. The lowest BCUT2D eigenvalue weighted by molar-refractivity contribution is 0.0951. The van der Waals surface area contributed by atoms with Crippen LogP contribution in [0.2, 0.25) is 0 Å². The average Bonchev–Trinajstić information content (AvgIpc) is 2.62. The Morgan fingerprint density at radius 1 is 0.739 bits per heavy atom. The first-order chi connectivity index (χ1) is 11.3. The van der Waals surface area contributed by atoms with Gasteiger partial charge in [-0.15, -0.1) is 0 Å². The van der Waals surface area contributed by atoms with Crippen LogP contribution in [0.5, 0.6) is 11.5 Å². The number of amides is 1. The zero-order valence-corrected chi connectivity index (χ0v) is 12.6. The van der Waals surface area contributed by atoms with Gasteiger partial charge in [-0.25, -0.2) is 0 Å². The lowest BCUT2D eigenvalue weighted by atomic mass is 10.2. The minimum Gasteiger partial charge on any atom is -0.457 e. The van der Waals surface area contributed by atoms with Crippen molar-refractivity contribution in [3.63, 3.8) is 0 Å². The Kier molecular flexibility index (Phi) is 4.69. The minimum atomic E-state index is -0.0739. The molecule has 0 saturated heterocycles. The van der Waals surface area contributed by atoms with Gasteiger partial charge in [-0.2, -0.15) is 0 Å². The molecule has 0 aliphatic carbocycles. The average molecular weight is 303 g/mol. The van der Waals surface area contributed by atoms with Gasteiger partial charge in [0, 0.05) is 12.1 Å². The molecule has 114 valence electrons. The molecule has 0 saturated carbocycles. The third kappa shape index (κ3) is 4.20. The topological polar surface area (TPSA) is 38.3 Å². The van der Waals surface area contributed by atoms with Gasteiger partial charge in [-0.3, -0.25) is 4.79 Å². The van der Waals surface area contributed by atoms with E-state index in [1.54, 1.807) is 12.1 Å². The highest BCUT2D eigenvalue weighted by atomic mass is 16.5. The van der Waals surface area contributed by atoms with Gasteiger partial charge in [0.2, 0.25) is 0 Å². The summed E-state index contributed by atoms with van der Waals surface area (Å²) in [6.45, 7) is 0.485. The van der Waals surface area contributed by atoms with Crippen molar-refractivity contribution in [2.75, 3.05) is 0 Å². The summed E-state index contributed by atoms with van der Waals surface area (Å²) >= 11 is 0. The van der Waals surface area contributed by atoms with E-state index in [0.717, 1.165) is 17.1 Å². The highest BCUT2D eigenvalue weighted by Crippen LogP contribution is 2.21. The fourth-order valence-electron chi connectivity index (χ4n) is 2.17. The molecule has 0 heterocycles. The Morgan fingerprint density at radius 2 is 1.30 bits per heavy atom. The molecule has 0 aliphatic rings. The van der Waals surface area contributed by atoms with Crippen LogP contribution in [0.1, 0.15) is 15.9 Å². The van der Waals surface area contributed by atoms with Crippen LogP contribution in [0.25, 0.3) is 0 Å². The number of rotatable bonds is 5. The van der Waals surface area contributed by atoms with Crippen molar-refractivity contribution in [1.29, 1.82) is 0 Å². The molecule has 1 N–H and O–H groups in total. The molecule has 0 unspecified atom stereocenters. The van der Waals surface area contributed by atoms with Gasteiger partial charge < -0.3 is 10.1 Å². The molecule has 3 heteroatoms. The van der Waals surface area contributed by atoms with Crippen molar-refractivity contribution in [2.45, 2.75) is 6.54 Å². The largest absolute Gasteiger partial charge is 0.457 e. The summed E-state index contributed by atoms with van der Waals surface area (Å²) in [7, 11) is 0. The van der Waals surface area contributed by atoms with Crippen LogP contribution >= 0.6 is 0 Å². The van der Waals surface area contributed by atoms with E-state index in [9.17, 15) is 4.79 Å². The molecule has 0 bridgehead atoms. The first-order valence-electron chi connectivity index (χ1n) is 7.46. The van der Waals surface area contributed by atoms with Crippen LogP contribution in [-0.4, -0.2) is 5.91 Å². The molecule has 0 radical (unpaired) electrons. The number of hydrogen-bond donors (Lipinski definition) is 1. The van der Waals surface area contributed by atoms with E-state index in [1.807, 2.05) is 72.8 Å². The summed E-state index contributed by atoms with van der Waals surface area (Å²) in [5.41, 5.74) is 1.69. The van der Waals surface area contributed by atoms with Crippen LogP contribution in [0.4, 0.5) is 0 Å². The third-order valence-corrected chi connectivity index (χ3v) is 3.39. The molecule has 0 atom stereocenters. The second kappa shape index (κ2) is 7.27. The highest BCUT2D eigenvalue weighted by Gasteiger charge is 2.04. The van der Waals surface area contributed by atoms with Crippen LogP contribution in [-0.2, 0) is 6.54 Å². The molecule has 0 aromatic heterocycles. The van der Waals surface area contributed by atoms with E-state index in [2.05, 4.69) is 5.32 Å². The molecule has 23 heavy (non-hydrogen) atoms. The Bertz CT molecular complexity index is 753. The van der Waals surface area contributed by atoms with E-state index in [-0.39, 0.29) is 5.91 Å². The minimum absolute atomic E-state index is 0.0739.